The molecule has 0 saturated carbocycles. The first kappa shape index (κ1) is 21.9. The second-order valence-electron chi connectivity index (χ2n) is 7.62. The van der Waals surface area contributed by atoms with Crippen LogP contribution in [0.25, 0.3) is 16.9 Å². The van der Waals surface area contributed by atoms with Crippen LogP contribution in [0.4, 0.5) is 5.69 Å². The number of para-hydroxylation sites is 1. The zero-order valence-corrected chi connectivity index (χ0v) is 18.0. The van der Waals surface area contributed by atoms with E-state index >= 15 is 0 Å². The Balaban J connectivity index is 1.45. The molecule has 1 N–H and O–H groups in total. The van der Waals surface area contributed by atoms with Crippen LogP contribution in [0.3, 0.4) is 0 Å². The van der Waals surface area contributed by atoms with Crippen molar-refractivity contribution in [1.82, 2.24) is 24.6 Å². The number of nitrogens with one attached hydrogen (secondary N) is 1. The van der Waals surface area contributed by atoms with Crippen LogP contribution < -0.4 is 5.32 Å². The first-order valence-corrected chi connectivity index (χ1v) is 10.7. The first-order valence-electron chi connectivity index (χ1n) is 10.7. The Kier molecular flexibility index (Phi) is 6.89. The van der Waals surface area contributed by atoms with E-state index in [-0.39, 0.29) is 18.0 Å². The molecule has 0 saturated heterocycles. The van der Waals surface area contributed by atoms with Crippen molar-refractivity contribution in [2.75, 3.05) is 6.54 Å². The van der Waals surface area contributed by atoms with Gasteiger partial charge in [0.2, 0.25) is 5.91 Å². The summed E-state index contributed by atoms with van der Waals surface area (Å²) in [5.41, 5.74) is 2.98. The number of non-ortho nitro benzene ring substituents is 1. The van der Waals surface area contributed by atoms with Crippen LogP contribution in [-0.2, 0) is 17.8 Å². The maximum atomic E-state index is 12.6. The molecule has 168 valence electrons. The zero-order valence-electron chi connectivity index (χ0n) is 18.0. The number of hydrogen-bond donors (Lipinski definition) is 1. The van der Waals surface area contributed by atoms with E-state index in [0.717, 1.165) is 36.2 Å². The minimum absolute atomic E-state index is 0.0104. The van der Waals surface area contributed by atoms with E-state index in [2.05, 4.69) is 15.4 Å². The molecule has 9 nitrogen and oxygen atoms in total. The minimum Gasteiger partial charge on any atom is -0.356 e. The molecule has 0 atom stereocenters. The van der Waals surface area contributed by atoms with Crippen molar-refractivity contribution in [3.05, 3.63) is 95.2 Å². The van der Waals surface area contributed by atoms with Gasteiger partial charge in [0.15, 0.2) is 0 Å². The standard InChI is InChI=1S/C24H24N6O3/c31-23(26-12-4-5-14-28-15-13-25-18-28)16-20-17-29(21-6-2-1-3-7-21)27-24(20)19-8-10-22(11-9-19)30(32)33/h1-3,6-11,13,15,17-18H,4-5,12,14,16H2,(H,26,31). The first-order chi connectivity index (χ1) is 16.1. The third kappa shape index (κ3) is 5.70. The Hall–Kier alpha value is -4.27. The number of nitro groups is 1. The van der Waals surface area contributed by atoms with Gasteiger partial charge in [-0.15, -0.1) is 0 Å². The van der Waals surface area contributed by atoms with E-state index in [1.807, 2.05) is 47.3 Å². The lowest BCUT2D eigenvalue weighted by atomic mass is 10.1. The minimum atomic E-state index is -0.437. The lowest BCUT2D eigenvalue weighted by Gasteiger charge is -2.06. The highest BCUT2D eigenvalue weighted by molar-refractivity contribution is 5.81. The largest absolute Gasteiger partial charge is 0.356 e. The van der Waals surface area contributed by atoms with Crippen LogP contribution >= 0.6 is 0 Å². The highest BCUT2D eigenvalue weighted by Gasteiger charge is 2.16. The number of rotatable bonds is 10. The molecule has 9 heteroatoms. The average Bonchev–Trinajstić information content (AvgIpc) is 3.50. The predicted octanol–water partition coefficient (Wildman–Crippen LogP) is 3.78. The van der Waals surface area contributed by atoms with Gasteiger partial charge in [-0.3, -0.25) is 14.9 Å². The molecule has 4 aromatic rings. The molecule has 2 aromatic carbocycles. The maximum Gasteiger partial charge on any atom is 0.269 e. The highest BCUT2D eigenvalue weighted by Crippen LogP contribution is 2.26. The topological polar surface area (TPSA) is 108 Å². The van der Waals surface area contributed by atoms with Gasteiger partial charge in [-0.05, 0) is 37.1 Å². The van der Waals surface area contributed by atoms with Gasteiger partial charge >= 0.3 is 0 Å². The van der Waals surface area contributed by atoms with Crippen molar-refractivity contribution in [2.24, 2.45) is 0 Å². The predicted molar refractivity (Wildman–Crippen MR) is 124 cm³/mol. The summed E-state index contributed by atoms with van der Waals surface area (Å²) in [7, 11) is 0. The molecule has 2 aromatic heterocycles. The third-order valence-electron chi connectivity index (χ3n) is 5.24. The van der Waals surface area contributed by atoms with Gasteiger partial charge in [-0.25, -0.2) is 9.67 Å². The van der Waals surface area contributed by atoms with Crippen LogP contribution in [0.15, 0.2) is 79.5 Å². The fraction of sp³-hybridized carbons (Fsp3) is 0.208. The number of aromatic nitrogens is 4. The van der Waals surface area contributed by atoms with Crippen molar-refractivity contribution in [3.63, 3.8) is 0 Å². The molecular formula is C24H24N6O3. The van der Waals surface area contributed by atoms with Gasteiger partial charge < -0.3 is 9.88 Å². The van der Waals surface area contributed by atoms with Gasteiger partial charge in [0.25, 0.3) is 5.69 Å². The molecule has 0 aliphatic carbocycles. The lowest BCUT2D eigenvalue weighted by Crippen LogP contribution is -2.26. The summed E-state index contributed by atoms with van der Waals surface area (Å²) in [6.45, 7) is 1.46. The third-order valence-corrected chi connectivity index (χ3v) is 5.24. The number of carbonyl (C=O) groups is 1. The molecule has 0 fully saturated rings. The number of aryl methyl sites for hydroxylation is 1. The Bertz CT molecular complexity index is 1200. The second-order valence-corrected chi connectivity index (χ2v) is 7.62. The molecule has 4 rings (SSSR count). The molecule has 0 unspecified atom stereocenters. The van der Waals surface area contributed by atoms with Crippen molar-refractivity contribution in [2.45, 2.75) is 25.8 Å². The Labute approximate surface area is 190 Å². The van der Waals surface area contributed by atoms with Crippen LogP contribution in [0.1, 0.15) is 18.4 Å². The fourth-order valence-electron chi connectivity index (χ4n) is 3.54. The smallest absolute Gasteiger partial charge is 0.269 e. The van der Waals surface area contributed by atoms with E-state index in [9.17, 15) is 14.9 Å². The van der Waals surface area contributed by atoms with Crippen molar-refractivity contribution in [1.29, 1.82) is 0 Å². The van der Waals surface area contributed by atoms with E-state index in [1.54, 1.807) is 29.3 Å². The fourth-order valence-corrected chi connectivity index (χ4v) is 3.54. The van der Waals surface area contributed by atoms with Crippen LogP contribution in [0.2, 0.25) is 0 Å². The number of carbonyl (C=O) groups excluding carboxylic acids is 1. The van der Waals surface area contributed by atoms with Gasteiger partial charge in [-0.2, -0.15) is 5.10 Å². The van der Waals surface area contributed by atoms with Crippen molar-refractivity contribution in [3.8, 4) is 16.9 Å². The summed E-state index contributed by atoms with van der Waals surface area (Å²) in [4.78, 5) is 27.2. The van der Waals surface area contributed by atoms with Crippen LogP contribution in [-0.4, -0.2) is 36.7 Å². The second kappa shape index (κ2) is 10.4. The normalized spacial score (nSPS) is 10.8. The summed E-state index contributed by atoms with van der Waals surface area (Å²) in [5.74, 6) is -0.0894. The Morgan fingerprint density at radius 3 is 2.55 bits per heavy atom. The number of nitro benzene ring substituents is 1. The molecule has 33 heavy (non-hydrogen) atoms. The molecule has 0 spiro atoms. The molecule has 0 bridgehead atoms. The van der Waals surface area contributed by atoms with E-state index in [4.69, 9.17) is 0 Å². The van der Waals surface area contributed by atoms with Gasteiger partial charge in [0.05, 0.1) is 29.1 Å². The van der Waals surface area contributed by atoms with Gasteiger partial charge in [-0.1, -0.05) is 18.2 Å². The number of benzene rings is 2. The van der Waals surface area contributed by atoms with E-state index in [1.165, 1.54) is 12.1 Å². The SMILES string of the molecule is O=C(Cc1cn(-c2ccccc2)nc1-c1ccc([N+](=O)[O-])cc1)NCCCCn1ccnc1. The van der Waals surface area contributed by atoms with Crippen molar-refractivity contribution < 1.29 is 9.72 Å². The van der Waals surface area contributed by atoms with E-state index in [0.29, 0.717) is 12.2 Å². The lowest BCUT2D eigenvalue weighted by molar-refractivity contribution is -0.384. The monoisotopic (exact) mass is 444 g/mol. The average molecular weight is 444 g/mol. The van der Waals surface area contributed by atoms with Crippen LogP contribution in [0.5, 0.6) is 0 Å². The Morgan fingerprint density at radius 2 is 1.85 bits per heavy atom. The molecular weight excluding hydrogens is 420 g/mol. The molecule has 1 amide bonds. The molecule has 0 aliphatic heterocycles. The maximum absolute atomic E-state index is 12.6. The number of hydrogen-bond acceptors (Lipinski definition) is 5. The van der Waals surface area contributed by atoms with Gasteiger partial charge in [0, 0.05) is 54.9 Å². The Morgan fingerprint density at radius 1 is 1.06 bits per heavy atom. The number of imidazole rings is 1. The molecule has 0 radical (unpaired) electrons. The number of unbranched alkanes of at least 4 members (excludes halogenated alkanes) is 1. The summed E-state index contributed by atoms with van der Waals surface area (Å²) >= 11 is 0. The number of amides is 1. The molecule has 0 aliphatic rings. The molecule has 2 heterocycles. The summed E-state index contributed by atoms with van der Waals surface area (Å²) in [5, 5.41) is 18.6. The van der Waals surface area contributed by atoms with Crippen molar-refractivity contribution >= 4 is 11.6 Å². The summed E-state index contributed by atoms with van der Waals surface area (Å²) in [6, 6.07) is 15.8. The summed E-state index contributed by atoms with van der Waals surface area (Å²) in [6.07, 6.45) is 9.26. The zero-order chi connectivity index (χ0) is 23.0. The summed E-state index contributed by atoms with van der Waals surface area (Å²) < 4.78 is 3.74. The van der Waals surface area contributed by atoms with Gasteiger partial charge in [0.1, 0.15) is 0 Å². The van der Waals surface area contributed by atoms with Crippen LogP contribution in [0, 0.1) is 10.1 Å². The highest BCUT2D eigenvalue weighted by atomic mass is 16.6. The van der Waals surface area contributed by atoms with E-state index < -0.39 is 4.92 Å². The quantitative estimate of drug-likeness (QED) is 0.227. The number of nitrogens with zero attached hydrogens (tertiary/aromatic N) is 5.